The minimum absolute atomic E-state index is 0. The molecule has 7 nitrogen and oxygen atoms in total. The number of nitrogens with one attached hydrogen (secondary N) is 1. The van der Waals surface area contributed by atoms with Crippen LogP contribution in [0.4, 0.5) is 0 Å². The van der Waals surface area contributed by atoms with Gasteiger partial charge in [-0.1, -0.05) is 39.3 Å². The third-order valence-electron chi connectivity index (χ3n) is 4.78. The molecule has 1 aromatic rings. The van der Waals surface area contributed by atoms with E-state index in [1.54, 1.807) is 4.68 Å². The lowest BCUT2D eigenvalue weighted by atomic mass is 9.97. The van der Waals surface area contributed by atoms with Crippen LogP contribution in [0.2, 0.25) is 0 Å². The largest absolute Gasteiger partial charge is 1.00 e. The number of nitrogens with zero attached hydrogens (tertiary/aromatic N) is 4. The predicted molar refractivity (Wildman–Crippen MR) is 94.3 cm³/mol. The number of piperazine rings is 1. The zero-order valence-electron chi connectivity index (χ0n) is 15.8. The highest BCUT2D eigenvalue weighted by atomic mass is 35.5. The first-order valence-electron chi connectivity index (χ1n) is 9.10. The molecule has 8 heteroatoms. The molecule has 0 saturated carbocycles. The number of carbonyl (C=O) groups excluding carboxylic acids is 1. The fourth-order valence-electron chi connectivity index (χ4n) is 3.14. The Hall–Kier alpha value is -1.18. The van der Waals surface area contributed by atoms with E-state index in [1.165, 1.54) is 0 Å². The van der Waals surface area contributed by atoms with E-state index in [4.69, 9.17) is 5.73 Å². The molecule has 0 aromatic carbocycles. The van der Waals surface area contributed by atoms with Crippen LogP contribution in [0.25, 0.3) is 0 Å². The van der Waals surface area contributed by atoms with Crippen molar-refractivity contribution in [1.82, 2.24) is 25.2 Å². The van der Waals surface area contributed by atoms with Crippen molar-refractivity contribution < 1.29 is 17.2 Å². The highest BCUT2D eigenvalue weighted by molar-refractivity contribution is 5.80. The Bertz CT molecular complexity index is 529. The van der Waals surface area contributed by atoms with Gasteiger partial charge in [0.1, 0.15) is 6.04 Å². The van der Waals surface area contributed by atoms with E-state index < -0.39 is 0 Å². The summed E-state index contributed by atoms with van der Waals surface area (Å²) in [7, 11) is 0. The lowest BCUT2D eigenvalue weighted by Crippen LogP contribution is -3.00. The maximum Gasteiger partial charge on any atom is 0.247 e. The van der Waals surface area contributed by atoms with Crippen LogP contribution >= 0.6 is 0 Å². The molecule has 25 heavy (non-hydrogen) atoms. The minimum Gasteiger partial charge on any atom is -1.00 e. The van der Waals surface area contributed by atoms with Gasteiger partial charge in [0.25, 0.3) is 0 Å². The number of hydrogen-bond donors (Lipinski definition) is 2. The standard InChI is InChI=1S/C17H32N6O.ClH/c1-5-13(4)16(17(24)22-8-6-19-7-9-22)23-11-15(20-21-23)14(18)10-12(2)3;/h11-14,16,19H,5-10,18H2,1-4H3;1H/p-1/t13-,14-,16-;/m0./s1. The monoisotopic (exact) mass is 371 g/mol. The van der Waals surface area contributed by atoms with E-state index in [-0.39, 0.29) is 36.3 Å². The Morgan fingerprint density at radius 3 is 2.52 bits per heavy atom. The maximum absolute atomic E-state index is 13.0. The fraction of sp³-hybridized carbons (Fsp3) is 0.824. The number of nitrogens with two attached hydrogens (primary N) is 1. The summed E-state index contributed by atoms with van der Waals surface area (Å²) in [6, 6.07) is -0.439. The number of rotatable bonds is 7. The third-order valence-corrected chi connectivity index (χ3v) is 4.78. The molecule has 1 fully saturated rings. The second-order valence-corrected chi connectivity index (χ2v) is 7.27. The Kier molecular flexibility index (Phi) is 8.82. The minimum atomic E-state index is -0.305. The molecule has 0 unspecified atom stereocenters. The van der Waals surface area contributed by atoms with Crippen molar-refractivity contribution in [2.75, 3.05) is 26.2 Å². The van der Waals surface area contributed by atoms with Crippen molar-refractivity contribution in [2.24, 2.45) is 17.6 Å². The van der Waals surface area contributed by atoms with Gasteiger partial charge in [-0.3, -0.25) is 4.79 Å². The van der Waals surface area contributed by atoms with Crippen LogP contribution in [0.15, 0.2) is 6.20 Å². The normalized spacial score (nSPS) is 18.6. The molecule has 0 spiro atoms. The van der Waals surface area contributed by atoms with E-state index in [0.717, 1.165) is 44.7 Å². The van der Waals surface area contributed by atoms with Crippen LogP contribution in [0, 0.1) is 11.8 Å². The summed E-state index contributed by atoms with van der Waals surface area (Å²) in [5, 5.41) is 11.8. The molecule has 3 N–H and O–H groups in total. The Morgan fingerprint density at radius 2 is 1.96 bits per heavy atom. The molecule has 1 amide bonds. The fourth-order valence-corrected chi connectivity index (χ4v) is 3.14. The average molecular weight is 372 g/mol. The molecular formula is C17H32ClN6O-. The summed E-state index contributed by atoms with van der Waals surface area (Å²) in [5.41, 5.74) is 6.99. The van der Waals surface area contributed by atoms with E-state index in [9.17, 15) is 4.79 Å². The van der Waals surface area contributed by atoms with E-state index in [0.29, 0.717) is 5.92 Å². The quantitative estimate of drug-likeness (QED) is 0.599. The van der Waals surface area contributed by atoms with Crippen molar-refractivity contribution in [3.63, 3.8) is 0 Å². The molecule has 1 aliphatic heterocycles. The Morgan fingerprint density at radius 1 is 1.32 bits per heavy atom. The van der Waals surface area contributed by atoms with Gasteiger partial charge in [0.2, 0.25) is 5.91 Å². The van der Waals surface area contributed by atoms with Gasteiger partial charge in [-0.25, -0.2) is 4.68 Å². The van der Waals surface area contributed by atoms with Gasteiger partial charge in [0.05, 0.1) is 17.9 Å². The van der Waals surface area contributed by atoms with Gasteiger partial charge >= 0.3 is 0 Å². The van der Waals surface area contributed by atoms with Gasteiger partial charge in [0, 0.05) is 26.2 Å². The molecule has 1 saturated heterocycles. The third kappa shape index (κ3) is 5.66. The van der Waals surface area contributed by atoms with Crippen LogP contribution in [0.1, 0.15) is 58.3 Å². The van der Waals surface area contributed by atoms with Crippen molar-refractivity contribution >= 4 is 5.91 Å². The van der Waals surface area contributed by atoms with Crippen LogP contribution < -0.4 is 23.5 Å². The first-order valence-corrected chi connectivity index (χ1v) is 9.10. The topological polar surface area (TPSA) is 89.1 Å². The summed E-state index contributed by atoms with van der Waals surface area (Å²) in [6.07, 6.45) is 3.64. The zero-order chi connectivity index (χ0) is 17.7. The highest BCUT2D eigenvalue weighted by Crippen LogP contribution is 2.25. The summed E-state index contributed by atoms with van der Waals surface area (Å²) >= 11 is 0. The summed E-state index contributed by atoms with van der Waals surface area (Å²) in [4.78, 5) is 15.0. The molecule has 0 bridgehead atoms. The summed E-state index contributed by atoms with van der Waals surface area (Å²) in [6.45, 7) is 11.7. The van der Waals surface area contributed by atoms with Gasteiger partial charge in [-0.15, -0.1) is 5.10 Å². The summed E-state index contributed by atoms with van der Waals surface area (Å²) < 4.78 is 1.73. The number of amides is 1. The number of hydrogen-bond acceptors (Lipinski definition) is 5. The SMILES string of the molecule is CC[C@H](C)[C@@H](C(=O)N1CCNCC1)n1cc([C@@H](N)CC(C)C)nn1.[Cl-]. The molecule has 1 aliphatic rings. The van der Waals surface area contributed by atoms with E-state index in [2.05, 4.69) is 43.3 Å². The van der Waals surface area contributed by atoms with Crippen LogP contribution in [-0.2, 0) is 4.79 Å². The lowest BCUT2D eigenvalue weighted by molar-refractivity contribution is -0.137. The molecule has 0 aliphatic carbocycles. The number of halogens is 1. The lowest BCUT2D eigenvalue weighted by Gasteiger charge is -2.32. The van der Waals surface area contributed by atoms with E-state index in [1.807, 2.05) is 11.1 Å². The molecule has 3 atom stereocenters. The molecule has 0 radical (unpaired) electrons. The zero-order valence-corrected chi connectivity index (χ0v) is 16.5. The number of aromatic nitrogens is 3. The second-order valence-electron chi connectivity index (χ2n) is 7.27. The van der Waals surface area contributed by atoms with Crippen LogP contribution in [-0.4, -0.2) is 52.0 Å². The highest BCUT2D eigenvalue weighted by Gasteiger charge is 2.32. The van der Waals surface area contributed by atoms with Gasteiger partial charge in [0.15, 0.2) is 0 Å². The van der Waals surface area contributed by atoms with Gasteiger partial charge in [-0.2, -0.15) is 0 Å². The second kappa shape index (κ2) is 10.1. The summed E-state index contributed by atoms with van der Waals surface area (Å²) in [5.74, 6) is 0.834. The van der Waals surface area contributed by atoms with Crippen LogP contribution in [0.5, 0.6) is 0 Å². The van der Waals surface area contributed by atoms with E-state index >= 15 is 0 Å². The smallest absolute Gasteiger partial charge is 0.247 e. The van der Waals surface area contributed by atoms with Crippen molar-refractivity contribution in [3.8, 4) is 0 Å². The Labute approximate surface area is 157 Å². The molecule has 2 heterocycles. The predicted octanol–water partition coefficient (Wildman–Crippen LogP) is -1.65. The molecule has 2 rings (SSSR count). The number of carbonyl (C=O) groups is 1. The van der Waals surface area contributed by atoms with Crippen molar-refractivity contribution in [2.45, 2.75) is 52.6 Å². The first kappa shape index (κ1) is 21.9. The first-order chi connectivity index (χ1) is 11.4. The molecular weight excluding hydrogens is 340 g/mol. The Balaban J connectivity index is 0.00000312. The molecule has 144 valence electrons. The van der Waals surface area contributed by atoms with Crippen LogP contribution in [0.3, 0.4) is 0 Å². The maximum atomic E-state index is 13.0. The van der Waals surface area contributed by atoms with Gasteiger partial charge < -0.3 is 28.4 Å². The van der Waals surface area contributed by atoms with Crippen molar-refractivity contribution in [1.29, 1.82) is 0 Å². The van der Waals surface area contributed by atoms with Crippen molar-refractivity contribution in [3.05, 3.63) is 11.9 Å². The average Bonchev–Trinajstić information content (AvgIpc) is 3.04. The van der Waals surface area contributed by atoms with Gasteiger partial charge in [-0.05, 0) is 18.3 Å². The molecule has 1 aromatic heterocycles.